The number of hydrogen-bond donors (Lipinski definition) is 1. The molecule has 0 spiro atoms. The van der Waals surface area contributed by atoms with Gasteiger partial charge in [0.15, 0.2) is 0 Å². The van der Waals surface area contributed by atoms with Crippen LogP contribution in [0.5, 0.6) is 0 Å². The van der Waals surface area contributed by atoms with Gasteiger partial charge in [0.2, 0.25) is 5.91 Å². The largest absolute Gasteiger partial charge is 0.372 e. The fraction of sp³-hybridized carbons (Fsp3) is 0.261. The number of hydrogen-bond acceptors (Lipinski definition) is 5. The summed E-state index contributed by atoms with van der Waals surface area (Å²) in [4.78, 5) is 19.1. The van der Waals surface area contributed by atoms with Gasteiger partial charge in [-0.15, -0.1) is 11.3 Å². The van der Waals surface area contributed by atoms with E-state index in [-0.39, 0.29) is 12.3 Å². The molecule has 2 aromatic carbocycles. The molecule has 1 aromatic heterocycles. The van der Waals surface area contributed by atoms with E-state index in [9.17, 15) is 4.79 Å². The minimum atomic E-state index is -0.167. The number of aromatic nitrogens is 1. The number of benzene rings is 2. The normalized spacial score (nSPS) is 14.3. The summed E-state index contributed by atoms with van der Waals surface area (Å²) >= 11 is 1.49. The molecule has 148 valence electrons. The van der Waals surface area contributed by atoms with Gasteiger partial charge in [-0.05, 0) is 37.0 Å². The number of nitrogens with one attached hydrogen (secondary N) is 1. The molecule has 0 atom stereocenters. The van der Waals surface area contributed by atoms with Gasteiger partial charge in [-0.1, -0.05) is 42.5 Å². The van der Waals surface area contributed by atoms with Gasteiger partial charge in [0.1, 0.15) is 5.01 Å². The second-order valence-corrected chi connectivity index (χ2v) is 8.04. The van der Waals surface area contributed by atoms with Crippen molar-refractivity contribution in [1.29, 1.82) is 0 Å². The number of thiazole rings is 1. The predicted molar refractivity (Wildman–Crippen MR) is 119 cm³/mol. The Labute approximate surface area is 175 Å². The summed E-state index contributed by atoms with van der Waals surface area (Å²) < 4.78 is 0. The molecule has 1 aliphatic heterocycles. The third-order valence-electron chi connectivity index (χ3n) is 4.95. The van der Waals surface area contributed by atoms with Crippen molar-refractivity contribution in [3.8, 4) is 11.3 Å². The van der Waals surface area contributed by atoms with Crippen LogP contribution in [0.2, 0.25) is 0 Å². The lowest BCUT2D eigenvalue weighted by atomic mass is 10.1. The van der Waals surface area contributed by atoms with Crippen molar-refractivity contribution < 1.29 is 4.79 Å². The van der Waals surface area contributed by atoms with Crippen molar-refractivity contribution in [2.75, 3.05) is 18.0 Å². The molecule has 5 nitrogen and oxygen atoms in total. The number of nitrogens with zero attached hydrogens (tertiary/aromatic N) is 3. The summed E-state index contributed by atoms with van der Waals surface area (Å²) in [5.41, 5.74) is 6.77. The Morgan fingerprint density at radius 3 is 2.59 bits per heavy atom. The summed E-state index contributed by atoms with van der Waals surface area (Å²) in [5.74, 6) is -0.167. The first-order valence-corrected chi connectivity index (χ1v) is 10.8. The Morgan fingerprint density at radius 2 is 1.83 bits per heavy atom. The molecule has 6 heteroatoms. The second kappa shape index (κ2) is 9.47. The topological polar surface area (TPSA) is 57.6 Å². The van der Waals surface area contributed by atoms with Gasteiger partial charge in [0.25, 0.3) is 0 Å². The Kier molecular flexibility index (Phi) is 6.32. The monoisotopic (exact) mass is 404 g/mol. The molecule has 1 amide bonds. The van der Waals surface area contributed by atoms with Crippen molar-refractivity contribution >= 4 is 29.1 Å². The quantitative estimate of drug-likeness (QED) is 0.486. The summed E-state index contributed by atoms with van der Waals surface area (Å²) in [5, 5.41) is 6.84. The van der Waals surface area contributed by atoms with Crippen LogP contribution in [-0.2, 0) is 11.2 Å². The van der Waals surface area contributed by atoms with Crippen LogP contribution >= 0.6 is 11.3 Å². The summed E-state index contributed by atoms with van der Waals surface area (Å²) in [6.45, 7) is 2.26. The zero-order valence-electron chi connectivity index (χ0n) is 16.3. The highest BCUT2D eigenvalue weighted by Crippen LogP contribution is 2.22. The maximum atomic E-state index is 12.1. The van der Waals surface area contributed by atoms with Gasteiger partial charge in [0.05, 0.1) is 18.3 Å². The van der Waals surface area contributed by atoms with E-state index < -0.39 is 0 Å². The van der Waals surface area contributed by atoms with E-state index in [0.29, 0.717) is 0 Å². The number of piperidine rings is 1. The molecule has 1 N–H and O–H groups in total. The molecule has 1 fully saturated rings. The minimum Gasteiger partial charge on any atom is -0.372 e. The van der Waals surface area contributed by atoms with Crippen molar-refractivity contribution in [3.63, 3.8) is 0 Å². The highest BCUT2D eigenvalue weighted by molar-refractivity contribution is 7.10. The molecule has 29 heavy (non-hydrogen) atoms. The zero-order valence-corrected chi connectivity index (χ0v) is 17.1. The van der Waals surface area contributed by atoms with Gasteiger partial charge in [-0.25, -0.2) is 10.4 Å². The Hall–Kier alpha value is -2.99. The van der Waals surface area contributed by atoms with Crippen molar-refractivity contribution in [3.05, 3.63) is 70.5 Å². The molecule has 0 bridgehead atoms. The SMILES string of the molecule is O=C(Cc1nc(-c2ccccc2)cs1)N/N=C\c1ccc(N2CCCCC2)cc1. The van der Waals surface area contributed by atoms with E-state index in [1.807, 2.05) is 47.8 Å². The summed E-state index contributed by atoms with van der Waals surface area (Å²) in [6, 6.07) is 18.3. The summed E-state index contributed by atoms with van der Waals surface area (Å²) in [7, 11) is 0. The number of anilines is 1. The fourth-order valence-electron chi connectivity index (χ4n) is 3.41. The minimum absolute atomic E-state index is 0.167. The maximum absolute atomic E-state index is 12.1. The van der Waals surface area contributed by atoms with Gasteiger partial charge < -0.3 is 4.90 Å². The molecule has 2 heterocycles. The van der Waals surface area contributed by atoms with Crippen LogP contribution in [0.4, 0.5) is 5.69 Å². The highest BCUT2D eigenvalue weighted by atomic mass is 32.1. The zero-order chi connectivity index (χ0) is 19.9. The predicted octanol–water partition coefficient (Wildman–Crippen LogP) is 4.49. The average molecular weight is 405 g/mol. The number of amides is 1. The number of rotatable bonds is 6. The van der Waals surface area contributed by atoms with Crippen LogP contribution in [-0.4, -0.2) is 30.2 Å². The standard InChI is InChI=1S/C23H24N4OS/c28-22(15-23-25-21(17-29-23)19-7-3-1-4-8-19)26-24-16-18-9-11-20(12-10-18)27-13-5-2-6-14-27/h1,3-4,7-12,16-17H,2,5-6,13-15H2,(H,26,28)/b24-16-. The molecule has 4 rings (SSSR count). The molecular formula is C23H24N4OS. The molecule has 0 aliphatic carbocycles. The first-order chi connectivity index (χ1) is 14.3. The molecule has 1 aliphatic rings. The first-order valence-electron chi connectivity index (χ1n) is 9.95. The molecule has 1 saturated heterocycles. The molecule has 0 radical (unpaired) electrons. The second-order valence-electron chi connectivity index (χ2n) is 7.10. The first kappa shape index (κ1) is 19.3. The van der Waals surface area contributed by atoms with Crippen LogP contribution in [0.15, 0.2) is 65.1 Å². The number of carbonyl (C=O) groups is 1. The van der Waals surface area contributed by atoms with E-state index in [1.54, 1.807) is 6.21 Å². The van der Waals surface area contributed by atoms with Crippen LogP contribution in [0.25, 0.3) is 11.3 Å². The van der Waals surface area contributed by atoms with Crippen LogP contribution in [0.3, 0.4) is 0 Å². The molecular weight excluding hydrogens is 380 g/mol. The fourth-order valence-corrected chi connectivity index (χ4v) is 4.21. The maximum Gasteiger partial charge on any atom is 0.246 e. The van der Waals surface area contributed by atoms with Gasteiger partial charge in [0, 0.05) is 29.7 Å². The molecule has 3 aromatic rings. The van der Waals surface area contributed by atoms with E-state index in [0.717, 1.165) is 34.9 Å². The van der Waals surface area contributed by atoms with E-state index in [4.69, 9.17) is 0 Å². The lowest BCUT2D eigenvalue weighted by Crippen LogP contribution is -2.29. The van der Waals surface area contributed by atoms with Crippen molar-refractivity contribution in [2.24, 2.45) is 5.10 Å². The van der Waals surface area contributed by atoms with Crippen LogP contribution < -0.4 is 10.3 Å². The Balaban J connectivity index is 1.28. The van der Waals surface area contributed by atoms with Crippen molar-refractivity contribution in [1.82, 2.24) is 10.4 Å². The average Bonchev–Trinajstić information content (AvgIpc) is 3.24. The lowest BCUT2D eigenvalue weighted by Gasteiger charge is -2.28. The van der Waals surface area contributed by atoms with Gasteiger partial charge >= 0.3 is 0 Å². The van der Waals surface area contributed by atoms with E-state index >= 15 is 0 Å². The Bertz CT molecular complexity index is 960. The third kappa shape index (κ3) is 5.29. The number of carbonyl (C=O) groups excluding carboxylic acids is 1. The molecule has 0 saturated carbocycles. The van der Waals surface area contributed by atoms with Crippen LogP contribution in [0.1, 0.15) is 29.8 Å². The van der Waals surface area contributed by atoms with Gasteiger partial charge in [-0.2, -0.15) is 5.10 Å². The van der Waals surface area contributed by atoms with Gasteiger partial charge in [-0.3, -0.25) is 4.79 Å². The smallest absolute Gasteiger partial charge is 0.246 e. The summed E-state index contributed by atoms with van der Waals surface area (Å²) in [6.07, 6.45) is 5.76. The highest BCUT2D eigenvalue weighted by Gasteiger charge is 2.10. The third-order valence-corrected chi connectivity index (χ3v) is 5.80. The van der Waals surface area contributed by atoms with Crippen molar-refractivity contribution in [2.45, 2.75) is 25.7 Å². The van der Waals surface area contributed by atoms with Crippen LogP contribution in [0, 0.1) is 0 Å². The van der Waals surface area contributed by atoms with E-state index in [2.05, 4.69) is 32.5 Å². The lowest BCUT2D eigenvalue weighted by molar-refractivity contribution is -0.120. The molecule has 0 unspecified atom stereocenters. The number of hydrazone groups is 1. The Morgan fingerprint density at radius 1 is 1.07 bits per heavy atom. The van der Waals surface area contributed by atoms with E-state index in [1.165, 1.54) is 36.3 Å².